The predicted octanol–water partition coefficient (Wildman–Crippen LogP) is 2.82. The summed E-state index contributed by atoms with van der Waals surface area (Å²) in [5.74, 6) is -1.35. The third kappa shape index (κ3) is 2.65. The molecule has 0 bridgehead atoms. The molecule has 6 heteroatoms. The molecule has 2 aromatic rings. The van der Waals surface area contributed by atoms with Crippen molar-refractivity contribution in [3.63, 3.8) is 0 Å². The second-order valence-corrected chi connectivity index (χ2v) is 5.73. The minimum atomic E-state index is -0.645. The van der Waals surface area contributed by atoms with Gasteiger partial charge in [-0.05, 0) is 13.0 Å². The van der Waals surface area contributed by atoms with E-state index in [1.165, 1.54) is 6.07 Å². The quantitative estimate of drug-likeness (QED) is 0.417. The predicted molar refractivity (Wildman–Crippen MR) is 98.8 cm³/mol. The van der Waals surface area contributed by atoms with Crippen LogP contribution in [0, 0.1) is 0 Å². The Morgan fingerprint density at radius 2 is 1.81 bits per heavy atom. The van der Waals surface area contributed by atoms with Crippen LogP contribution in [0.1, 0.15) is 49.1 Å². The van der Waals surface area contributed by atoms with Crippen LogP contribution >= 0.6 is 0 Å². The van der Waals surface area contributed by atoms with Gasteiger partial charge in [0.1, 0.15) is 0 Å². The summed E-state index contributed by atoms with van der Waals surface area (Å²) >= 11 is 0. The summed E-state index contributed by atoms with van der Waals surface area (Å²) in [7, 11) is 0. The first-order valence-corrected chi connectivity index (χ1v) is 8.18. The number of fused-ring (bicyclic) bond motifs is 2. The molecule has 0 aliphatic heterocycles. The summed E-state index contributed by atoms with van der Waals surface area (Å²) in [6, 6.07) is 8.01. The second kappa shape index (κ2) is 6.84. The number of hydrogen-bond donors (Lipinski definition) is 2. The molecule has 0 heterocycles. The van der Waals surface area contributed by atoms with E-state index in [4.69, 9.17) is 10.5 Å². The van der Waals surface area contributed by atoms with Crippen molar-refractivity contribution >= 4 is 28.9 Å². The fourth-order valence-corrected chi connectivity index (χ4v) is 3.02. The minimum absolute atomic E-state index is 0.0332. The SMILES string of the molecule is C=CCNc1cc(C(=O)OCC)c(N)c2c1C(=O)c1ccccc1C2=O. The normalized spacial score (nSPS) is 12.2. The smallest absolute Gasteiger partial charge is 0.340 e. The molecule has 0 atom stereocenters. The Balaban J connectivity index is 2.29. The van der Waals surface area contributed by atoms with Gasteiger partial charge in [-0.25, -0.2) is 4.79 Å². The molecule has 3 rings (SSSR count). The number of ether oxygens (including phenoxy) is 1. The number of carbonyl (C=O) groups is 3. The highest BCUT2D eigenvalue weighted by Gasteiger charge is 2.35. The number of anilines is 2. The number of hydrogen-bond acceptors (Lipinski definition) is 6. The topological polar surface area (TPSA) is 98.5 Å². The first-order chi connectivity index (χ1) is 12.5. The molecule has 0 aromatic heterocycles. The van der Waals surface area contributed by atoms with Crippen molar-refractivity contribution < 1.29 is 19.1 Å². The minimum Gasteiger partial charge on any atom is -0.462 e. The maximum atomic E-state index is 13.0. The molecule has 0 radical (unpaired) electrons. The van der Waals surface area contributed by atoms with Crippen molar-refractivity contribution in [2.45, 2.75) is 6.92 Å². The summed E-state index contributed by atoms with van der Waals surface area (Å²) in [5.41, 5.74) is 7.27. The lowest BCUT2D eigenvalue weighted by Crippen LogP contribution is -2.26. The molecule has 6 nitrogen and oxygen atoms in total. The van der Waals surface area contributed by atoms with Gasteiger partial charge in [0.2, 0.25) is 0 Å². The van der Waals surface area contributed by atoms with E-state index in [2.05, 4.69) is 11.9 Å². The van der Waals surface area contributed by atoms with E-state index in [0.717, 1.165) is 0 Å². The van der Waals surface area contributed by atoms with E-state index in [-0.39, 0.29) is 46.1 Å². The number of ketones is 2. The van der Waals surface area contributed by atoms with Gasteiger partial charge in [-0.1, -0.05) is 30.3 Å². The molecule has 0 spiro atoms. The molecule has 26 heavy (non-hydrogen) atoms. The van der Waals surface area contributed by atoms with Crippen LogP contribution in [-0.2, 0) is 4.74 Å². The van der Waals surface area contributed by atoms with E-state index < -0.39 is 5.97 Å². The molecule has 0 fully saturated rings. The lowest BCUT2D eigenvalue weighted by atomic mass is 9.81. The first kappa shape index (κ1) is 17.4. The van der Waals surface area contributed by atoms with Crippen LogP contribution in [0.2, 0.25) is 0 Å². The Labute approximate surface area is 150 Å². The van der Waals surface area contributed by atoms with Crippen molar-refractivity contribution in [3.8, 4) is 0 Å². The molecule has 0 saturated heterocycles. The number of nitrogens with two attached hydrogens (primary N) is 1. The average molecular weight is 350 g/mol. The fourth-order valence-electron chi connectivity index (χ4n) is 3.02. The van der Waals surface area contributed by atoms with E-state index >= 15 is 0 Å². The zero-order chi connectivity index (χ0) is 18.8. The number of nitrogen functional groups attached to an aromatic ring is 1. The third-order valence-corrected chi connectivity index (χ3v) is 4.17. The standard InChI is InChI=1S/C20H18N2O4/c1-3-9-22-14-10-13(20(25)26-4-2)17(21)16-15(14)18(23)11-7-5-6-8-12(11)19(16)24/h3,5-8,10,22H,1,4,9,21H2,2H3. The maximum absolute atomic E-state index is 13.0. The Morgan fingerprint density at radius 3 is 2.38 bits per heavy atom. The van der Waals surface area contributed by atoms with Crippen LogP contribution in [-0.4, -0.2) is 30.7 Å². The van der Waals surface area contributed by atoms with Gasteiger partial charge in [0, 0.05) is 23.4 Å². The maximum Gasteiger partial charge on any atom is 0.340 e. The van der Waals surface area contributed by atoms with Gasteiger partial charge in [0.25, 0.3) is 0 Å². The van der Waals surface area contributed by atoms with Gasteiger partial charge in [-0.3, -0.25) is 9.59 Å². The zero-order valence-corrected chi connectivity index (χ0v) is 14.3. The number of carbonyl (C=O) groups excluding carboxylic acids is 3. The summed E-state index contributed by atoms with van der Waals surface area (Å²) < 4.78 is 5.03. The number of esters is 1. The molecule has 0 amide bonds. The zero-order valence-electron chi connectivity index (χ0n) is 14.3. The van der Waals surface area contributed by atoms with Gasteiger partial charge >= 0.3 is 5.97 Å². The number of nitrogens with one attached hydrogen (secondary N) is 1. The molecule has 1 aliphatic carbocycles. The summed E-state index contributed by atoms with van der Waals surface area (Å²) in [5, 5.41) is 3.01. The van der Waals surface area contributed by atoms with Crippen LogP contribution < -0.4 is 11.1 Å². The van der Waals surface area contributed by atoms with Gasteiger partial charge in [0.15, 0.2) is 11.6 Å². The number of rotatable bonds is 5. The van der Waals surface area contributed by atoms with Crippen LogP contribution in [0.25, 0.3) is 0 Å². The summed E-state index contributed by atoms with van der Waals surface area (Å²) in [4.78, 5) is 38.3. The van der Waals surface area contributed by atoms with E-state index in [9.17, 15) is 14.4 Å². The van der Waals surface area contributed by atoms with Crippen molar-refractivity contribution in [1.82, 2.24) is 0 Å². The Kier molecular flexibility index (Phi) is 4.58. The van der Waals surface area contributed by atoms with Gasteiger partial charge in [0.05, 0.1) is 29.0 Å². The number of benzene rings is 2. The molecule has 1 aliphatic rings. The van der Waals surface area contributed by atoms with Crippen molar-refractivity contribution in [3.05, 3.63) is 70.8 Å². The highest BCUT2D eigenvalue weighted by atomic mass is 16.5. The Morgan fingerprint density at radius 1 is 1.19 bits per heavy atom. The lowest BCUT2D eigenvalue weighted by Gasteiger charge is -2.23. The van der Waals surface area contributed by atoms with Crippen LogP contribution in [0.4, 0.5) is 11.4 Å². The van der Waals surface area contributed by atoms with E-state index in [1.807, 2.05) is 0 Å². The average Bonchev–Trinajstić information content (AvgIpc) is 2.65. The highest BCUT2D eigenvalue weighted by molar-refractivity contribution is 6.32. The van der Waals surface area contributed by atoms with Crippen LogP contribution in [0.15, 0.2) is 43.0 Å². The van der Waals surface area contributed by atoms with Crippen molar-refractivity contribution in [1.29, 1.82) is 0 Å². The summed E-state index contributed by atoms with van der Waals surface area (Å²) in [6.45, 7) is 5.82. The van der Waals surface area contributed by atoms with E-state index in [1.54, 1.807) is 37.3 Å². The van der Waals surface area contributed by atoms with Crippen molar-refractivity contribution in [2.75, 3.05) is 24.2 Å². The third-order valence-electron chi connectivity index (χ3n) is 4.17. The molecule has 2 aromatic carbocycles. The Hall–Kier alpha value is -3.41. The molecule has 3 N–H and O–H groups in total. The first-order valence-electron chi connectivity index (χ1n) is 8.18. The monoisotopic (exact) mass is 350 g/mol. The van der Waals surface area contributed by atoms with Crippen molar-refractivity contribution in [2.24, 2.45) is 0 Å². The van der Waals surface area contributed by atoms with Gasteiger partial charge < -0.3 is 15.8 Å². The molecule has 132 valence electrons. The summed E-state index contributed by atoms with van der Waals surface area (Å²) in [6.07, 6.45) is 1.61. The largest absolute Gasteiger partial charge is 0.462 e. The molecular formula is C20H18N2O4. The molecule has 0 unspecified atom stereocenters. The lowest BCUT2D eigenvalue weighted by molar-refractivity contribution is 0.0527. The highest BCUT2D eigenvalue weighted by Crippen LogP contribution is 2.37. The molecule has 0 saturated carbocycles. The van der Waals surface area contributed by atoms with Crippen LogP contribution in [0.3, 0.4) is 0 Å². The van der Waals surface area contributed by atoms with Gasteiger partial charge in [-0.15, -0.1) is 6.58 Å². The fraction of sp³-hybridized carbons (Fsp3) is 0.150. The van der Waals surface area contributed by atoms with Gasteiger partial charge in [-0.2, -0.15) is 0 Å². The van der Waals surface area contributed by atoms with E-state index in [0.29, 0.717) is 17.8 Å². The Bertz CT molecular complexity index is 947. The second-order valence-electron chi connectivity index (χ2n) is 5.73. The molecular weight excluding hydrogens is 332 g/mol. The van der Waals surface area contributed by atoms with Crippen LogP contribution in [0.5, 0.6) is 0 Å².